The molecule has 36 heavy (non-hydrogen) atoms. The molecule has 0 radical (unpaired) electrons. The topological polar surface area (TPSA) is 95.1 Å². The molecule has 0 bridgehead atoms. The molecule has 3 aromatic carbocycles. The zero-order valence-corrected chi connectivity index (χ0v) is 21.0. The average molecular weight is 491 g/mol. The van der Waals surface area contributed by atoms with Crippen molar-refractivity contribution in [3.05, 3.63) is 77.9 Å². The maximum atomic E-state index is 13.5. The molecule has 2 N–H and O–H groups in total. The molecule has 8 nitrogen and oxygen atoms in total. The zero-order chi connectivity index (χ0) is 26.1. The van der Waals surface area contributed by atoms with Gasteiger partial charge in [-0.05, 0) is 50.3 Å². The number of anilines is 2. The number of ether oxygens (including phenoxy) is 4. The monoisotopic (exact) mass is 490 g/mol. The van der Waals surface area contributed by atoms with Gasteiger partial charge in [-0.15, -0.1) is 0 Å². The lowest BCUT2D eigenvalue weighted by atomic mass is 10.1. The second-order valence-corrected chi connectivity index (χ2v) is 7.91. The number of para-hydroxylation sites is 5. The van der Waals surface area contributed by atoms with E-state index < -0.39 is 11.8 Å². The van der Waals surface area contributed by atoms with Crippen molar-refractivity contribution < 1.29 is 28.5 Å². The third-order valence-electron chi connectivity index (χ3n) is 5.08. The SMILES string of the molecule is COc1ccccc1NC(=O)C(=Cc1cccc(OC)c1OC(C)C)C(=O)Nc1ccccc1OC. The third-order valence-corrected chi connectivity index (χ3v) is 5.08. The van der Waals surface area contributed by atoms with Crippen molar-refractivity contribution in [3.63, 3.8) is 0 Å². The number of rotatable bonds is 10. The average Bonchev–Trinajstić information content (AvgIpc) is 2.88. The van der Waals surface area contributed by atoms with E-state index in [0.717, 1.165) is 0 Å². The van der Waals surface area contributed by atoms with Crippen molar-refractivity contribution in [3.8, 4) is 23.0 Å². The fourth-order valence-electron chi connectivity index (χ4n) is 3.43. The first-order chi connectivity index (χ1) is 17.4. The van der Waals surface area contributed by atoms with Crippen LogP contribution in [0.3, 0.4) is 0 Å². The van der Waals surface area contributed by atoms with E-state index in [-0.39, 0.29) is 11.7 Å². The first kappa shape index (κ1) is 26.2. The standard InChI is InChI=1S/C28H30N2O6/c1-18(2)36-26-19(11-10-16-25(26)35-5)17-20(27(31)29-21-12-6-8-14-23(21)33-3)28(32)30-22-13-7-9-15-24(22)34-4/h6-18H,1-5H3,(H,29,31)(H,30,32). The van der Waals surface area contributed by atoms with Gasteiger partial charge in [-0.1, -0.05) is 36.4 Å². The summed E-state index contributed by atoms with van der Waals surface area (Å²) in [4.78, 5) is 26.9. The molecule has 0 aliphatic heterocycles. The minimum atomic E-state index is -0.634. The summed E-state index contributed by atoms with van der Waals surface area (Å²) in [5.74, 6) is 0.547. The highest BCUT2D eigenvalue weighted by Crippen LogP contribution is 2.34. The highest BCUT2D eigenvalue weighted by molar-refractivity contribution is 6.29. The predicted octanol–water partition coefficient (Wildman–Crippen LogP) is 5.16. The Labute approximate surface area is 210 Å². The van der Waals surface area contributed by atoms with Gasteiger partial charge in [0.15, 0.2) is 11.5 Å². The van der Waals surface area contributed by atoms with E-state index >= 15 is 0 Å². The van der Waals surface area contributed by atoms with Crippen LogP contribution in [0.1, 0.15) is 19.4 Å². The Balaban J connectivity index is 2.08. The summed E-state index contributed by atoms with van der Waals surface area (Å²) in [7, 11) is 4.53. The van der Waals surface area contributed by atoms with Gasteiger partial charge in [0.2, 0.25) is 0 Å². The fraction of sp³-hybridized carbons (Fsp3) is 0.214. The minimum Gasteiger partial charge on any atom is -0.495 e. The number of hydrogen-bond donors (Lipinski definition) is 2. The molecule has 0 heterocycles. The Bertz CT molecular complexity index is 1190. The highest BCUT2D eigenvalue weighted by atomic mass is 16.5. The zero-order valence-electron chi connectivity index (χ0n) is 21.0. The molecule has 8 heteroatoms. The summed E-state index contributed by atoms with van der Waals surface area (Å²) in [6.45, 7) is 3.76. The second-order valence-electron chi connectivity index (χ2n) is 7.91. The molecule has 0 fully saturated rings. The van der Waals surface area contributed by atoms with Crippen molar-refractivity contribution in [1.82, 2.24) is 0 Å². The predicted molar refractivity (Wildman–Crippen MR) is 140 cm³/mol. The van der Waals surface area contributed by atoms with Crippen molar-refractivity contribution in [2.45, 2.75) is 20.0 Å². The lowest BCUT2D eigenvalue weighted by Crippen LogP contribution is -2.25. The molecule has 0 saturated carbocycles. The number of benzene rings is 3. The maximum Gasteiger partial charge on any atom is 0.261 e. The molecule has 2 amide bonds. The Morgan fingerprint density at radius 3 is 1.64 bits per heavy atom. The van der Waals surface area contributed by atoms with E-state index in [4.69, 9.17) is 18.9 Å². The van der Waals surface area contributed by atoms with E-state index in [1.807, 2.05) is 13.8 Å². The van der Waals surface area contributed by atoms with Gasteiger partial charge in [-0.2, -0.15) is 0 Å². The number of hydrogen-bond acceptors (Lipinski definition) is 6. The summed E-state index contributed by atoms with van der Waals surface area (Å²) in [6.07, 6.45) is 1.30. The molecule has 0 unspecified atom stereocenters. The van der Waals surface area contributed by atoms with Crippen LogP contribution < -0.4 is 29.6 Å². The summed E-state index contributed by atoms with van der Waals surface area (Å²) in [6, 6.07) is 19.1. The number of methoxy groups -OCH3 is 3. The lowest BCUT2D eigenvalue weighted by Gasteiger charge is -2.17. The van der Waals surface area contributed by atoms with Crippen LogP contribution in [0.25, 0.3) is 6.08 Å². The van der Waals surface area contributed by atoms with Crippen LogP contribution in [0, 0.1) is 0 Å². The quantitative estimate of drug-likeness (QED) is 0.232. The summed E-state index contributed by atoms with van der Waals surface area (Å²) in [5, 5.41) is 5.54. The molecule has 0 atom stereocenters. The van der Waals surface area contributed by atoms with Crippen molar-refractivity contribution in [2.75, 3.05) is 32.0 Å². The number of carbonyl (C=O) groups is 2. The molecular weight excluding hydrogens is 460 g/mol. The van der Waals surface area contributed by atoms with Gasteiger partial charge < -0.3 is 29.6 Å². The van der Waals surface area contributed by atoms with E-state index in [9.17, 15) is 9.59 Å². The van der Waals surface area contributed by atoms with Crippen LogP contribution in [0.5, 0.6) is 23.0 Å². The van der Waals surface area contributed by atoms with Crippen LogP contribution in [0.4, 0.5) is 11.4 Å². The Kier molecular flexibility index (Phi) is 8.94. The van der Waals surface area contributed by atoms with Crippen LogP contribution >= 0.6 is 0 Å². The summed E-state index contributed by atoms with van der Waals surface area (Å²) < 4.78 is 22.1. The molecule has 3 aromatic rings. The number of nitrogens with one attached hydrogen (secondary N) is 2. The van der Waals surface area contributed by atoms with E-state index in [1.165, 1.54) is 27.4 Å². The first-order valence-electron chi connectivity index (χ1n) is 11.3. The van der Waals surface area contributed by atoms with E-state index in [1.54, 1.807) is 66.7 Å². The molecule has 0 aliphatic rings. The van der Waals surface area contributed by atoms with Crippen molar-refractivity contribution in [1.29, 1.82) is 0 Å². The molecule has 3 rings (SSSR count). The van der Waals surface area contributed by atoms with E-state index in [0.29, 0.717) is 39.9 Å². The molecular formula is C28H30N2O6. The molecule has 0 aromatic heterocycles. The van der Waals surface area contributed by atoms with Crippen LogP contribution in [0.2, 0.25) is 0 Å². The van der Waals surface area contributed by atoms with Gasteiger partial charge in [0.05, 0.1) is 38.8 Å². The van der Waals surface area contributed by atoms with Gasteiger partial charge in [0, 0.05) is 5.56 Å². The number of amides is 2. The van der Waals surface area contributed by atoms with Crippen LogP contribution in [-0.4, -0.2) is 39.2 Å². The Hall–Kier alpha value is -4.46. The van der Waals surface area contributed by atoms with E-state index in [2.05, 4.69) is 10.6 Å². The van der Waals surface area contributed by atoms with Crippen LogP contribution in [-0.2, 0) is 9.59 Å². The largest absolute Gasteiger partial charge is 0.495 e. The molecule has 188 valence electrons. The van der Waals surface area contributed by atoms with Crippen molar-refractivity contribution >= 4 is 29.3 Å². The first-order valence-corrected chi connectivity index (χ1v) is 11.3. The van der Waals surface area contributed by atoms with Gasteiger partial charge in [-0.3, -0.25) is 9.59 Å². The summed E-state index contributed by atoms with van der Waals surface area (Å²) >= 11 is 0. The fourth-order valence-corrected chi connectivity index (χ4v) is 3.43. The molecule has 0 spiro atoms. The van der Waals surface area contributed by atoms with Gasteiger partial charge in [0.1, 0.15) is 17.1 Å². The minimum absolute atomic E-state index is 0.159. The molecule has 0 aliphatic carbocycles. The molecule has 0 saturated heterocycles. The highest BCUT2D eigenvalue weighted by Gasteiger charge is 2.23. The smallest absolute Gasteiger partial charge is 0.261 e. The van der Waals surface area contributed by atoms with Crippen LogP contribution in [0.15, 0.2) is 72.3 Å². The lowest BCUT2D eigenvalue weighted by molar-refractivity contribution is -0.118. The second kappa shape index (κ2) is 12.3. The normalized spacial score (nSPS) is 10.3. The number of carbonyl (C=O) groups excluding carboxylic acids is 2. The Morgan fingerprint density at radius 1 is 0.694 bits per heavy atom. The van der Waals surface area contributed by atoms with Gasteiger partial charge >= 0.3 is 0 Å². The maximum absolute atomic E-state index is 13.5. The Morgan fingerprint density at radius 2 is 1.17 bits per heavy atom. The summed E-state index contributed by atoms with van der Waals surface area (Å²) in [5.41, 5.74) is 1.19. The van der Waals surface area contributed by atoms with Crippen molar-refractivity contribution in [2.24, 2.45) is 0 Å². The van der Waals surface area contributed by atoms with Gasteiger partial charge in [0.25, 0.3) is 11.8 Å². The third kappa shape index (κ3) is 6.35. The van der Waals surface area contributed by atoms with Gasteiger partial charge in [-0.25, -0.2) is 0 Å².